The monoisotopic (exact) mass is 287 g/mol. The van der Waals surface area contributed by atoms with Crippen molar-refractivity contribution in [2.45, 2.75) is 32.8 Å². The van der Waals surface area contributed by atoms with Gasteiger partial charge in [0.1, 0.15) is 17.8 Å². The first-order chi connectivity index (χ1) is 9.78. The number of hydrogen-bond donors (Lipinski definition) is 0. The van der Waals surface area contributed by atoms with Gasteiger partial charge in [-0.2, -0.15) is 5.26 Å². The number of aldehydes is 1. The molecule has 0 amide bonds. The fraction of sp³-hybridized carbons (Fsp3) is 0.375. The van der Waals surface area contributed by atoms with Crippen molar-refractivity contribution in [2.24, 2.45) is 5.92 Å². The van der Waals surface area contributed by atoms with Crippen molar-refractivity contribution < 1.29 is 19.1 Å². The maximum Gasteiger partial charge on any atom is 0.317 e. The van der Waals surface area contributed by atoms with Crippen molar-refractivity contribution in [3.8, 4) is 6.07 Å². The molecule has 0 radical (unpaired) electrons. The lowest BCUT2D eigenvalue weighted by molar-refractivity contribution is -0.158. The number of hydrogen-bond acceptors (Lipinski definition) is 5. The Balaban J connectivity index is 2.98. The standard InChI is InChI=1S/C16H17NO4/c1-16(2,3)21-15(20)13(8-9-18)14(19)12-6-4-11(10-17)5-7-12/h4-7,9,13H,8H2,1-3H3. The highest BCUT2D eigenvalue weighted by atomic mass is 16.6. The molecule has 0 aliphatic carbocycles. The third kappa shape index (κ3) is 4.84. The molecule has 0 aliphatic rings. The minimum absolute atomic E-state index is 0.228. The number of esters is 1. The minimum Gasteiger partial charge on any atom is -0.459 e. The van der Waals surface area contributed by atoms with Crippen LogP contribution in [0.15, 0.2) is 24.3 Å². The van der Waals surface area contributed by atoms with Crippen LogP contribution in [0.3, 0.4) is 0 Å². The van der Waals surface area contributed by atoms with Crippen LogP contribution in [-0.2, 0) is 14.3 Å². The fourth-order valence-electron chi connectivity index (χ4n) is 1.69. The molecular weight excluding hydrogens is 270 g/mol. The van der Waals surface area contributed by atoms with Crippen LogP contribution in [0.5, 0.6) is 0 Å². The number of ether oxygens (including phenoxy) is 1. The number of Topliss-reactive ketones (excluding diaryl/α,β-unsaturated/α-hetero) is 1. The highest BCUT2D eigenvalue weighted by Crippen LogP contribution is 2.18. The van der Waals surface area contributed by atoms with E-state index >= 15 is 0 Å². The van der Waals surface area contributed by atoms with Gasteiger partial charge in [-0.05, 0) is 32.9 Å². The molecule has 0 saturated heterocycles. The first kappa shape index (κ1) is 16.6. The SMILES string of the molecule is CC(C)(C)OC(=O)C(CC=O)C(=O)c1ccc(C#N)cc1. The Hall–Kier alpha value is -2.48. The fourth-order valence-corrected chi connectivity index (χ4v) is 1.69. The summed E-state index contributed by atoms with van der Waals surface area (Å²) >= 11 is 0. The topological polar surface area (TPSA) is 84.2 Å². The second-order valence-corrected chi connectivity index (χ2v) is 5.54. The quantitative estimate of drug-likeness (QED) is 0.359. The van der Waals surface area contributed by atoms with Crippen molar-refractivity contribution in [1.29, 1.82) is 5.26 Å². The Kier molecular flexibility index (Phi) is 5.37. The number of carbonyl (C=O) groups is 3. The van der Waals surface area contributed by atoms with Crippen LogP contribution in [0, 0.1) is 17.2 Å². The van der Waals surface area contributed by atoms with Crippen LogP contribution < -0.4 is 0 Å². The molecule has 0 saturated carbocycles. The van der Waals surface area contributed by atoms with Crippen LogP contribution in [0.4, 0.5) is 0 Å². The third-order valence-electron chi connectivity index (χ3n) is 2.64. The van der Waals surface area contributed by atoms with Crippen LogP contribution in [0.2, 0.25) is 0 Å². The smallest absolute Gasteiger partial charge is 0.317 e. The summed E-state index contributed by atoms with van der Waals surface area (Å²) in [7, 11) is 0. The molecule has 0 heterocycles. The Morgan fingerprint density at radius 2 is 1.86 bits per heavy atom. The van der Waals surface area contributed by atoms with Crippen molar-refractivity contribution in [3.05, 3.63) is 35.4 Å². The highest BCUT2D eigenvalue weighted by molar-refractivity contribution is 6.09. The van der Waals surface area contributed by atoms with Crippen molar-refractivity contribution in [1.82, 2.24) is 0 Å². The van der Waals surface area contributed by atoms with E-state index in [0.717, 1.165) is 0 Å². The molecule has 0 bridgehead atoms. The molecule has 0 fully saturated rings. The van der Waals surface area contributed by atoms with Crippen LogP contribution in [0.1, 0.15) is 43.1 Å². The molecule has 5 nitrogen and oxygen atoms in total. The predicted octanol–water partition coefficient (Wildman–Crippen LogP) is 2.29. The zero-order chi connectivity index (χ0) is 16.0. The number of nitriles is 1. The van der Waals surface area contributed by atoms with Crippen molar-refractivity contribution >= 4 is 18.0 Å². The molecule has 1 rings (SSSR count). The summed E-state index contributed by atoms with van der Waals surface area (Å²) in [5.41, 5.74) is -0.0501. The molecule has 1 atom stereocenters. The number of benzene rings is 1. The molecule has 0 aliphatic heterocycles. The minimum atomic E-state index is -1.16. The van der Waals surface area contributed by atoms with Gasteiger partial charge in [-0.1, -0.05) is 12.1 Å². The third-order valence-corrected chi connectivity index (χ3v) is 2.64. The van der Waals surface area contributed by atoms with Gasteiger partial charge < -0.3 is 9.53 Å². The summed E-state index contributed by atoms with van der Waals surface area (Å²) in [6.45, 7) is 5.07. The summed E-state index contributed by atoms with van der Waals surface area (Å²) in [4.78, 5) is 35.1. The summed E-state index contributed by atoms with van der Waals surface area (Å²) < 4.78 is 5.17. The first-order valence-electron chi connectivity index (χ1n) is 6.49. The van der Waals surface area contributed by atoms with Gasteiger partial charge in [0.25, 0.3) is 0 Å². The van der Waals surface area contributed by atoms with E-state index in [9.17, 15) is 14.4 Å². The predicted molar refractivity (Wildman–Crippen MR) is 75.5 cm³/mol. The van der Waals surface area contributed by atoms with E-state index in [1.807, 2.05) is 6.07 Å². The van der Waals surface area contributed by atoms with Crippen LogP contribution in [-0.4, -0.2) is 23.6 Å². The number of nitrogens with zero attached hydrogens (tertiary/aromatic N) is 1. The highest BCUT2D eigenvalue weighted by Gasteiger charge is 2.31. The van der Waals surface area contributed by atoms with Gasteiger partial charge in [0, 0.05) is 12.0 Å². The Morgan fingerprint density at radius 1 is 1.29 bits per heavy atom. The molecule has 0 spiro atoms. The molecule has 1 aromatic carbocycles. The molecule has 0 aromatic heterocycles. The summed E-state index contributed by atoms with van der Waals surface area (Å²) in [5.74, 6) is -2.36. The van der Waals surface area contributed by atoms with Gasteiger partial charge in [0.05, 0.1) is 11.6 Å². The Labute approximate surface area is 123 Å². The zero-order valence-electron chi connectivity index (χ0n) is 12.3. The number of carbonyl (C=O) groups excluding carboxylic acids is 3. The van der Waals surface area contributed by atoms with E-state index in [1.165, 1.54) is 24.3 Å². The van der Waals surface area contributed by atoms with Crippen molar-refractivity contribution in [2.75, 3.05) is 0 Å². The second kappa shape index (κ2) is 6.80. The summed E-state index contributed by atoms with van der Waals surface area (Å²) in [5, 5.41) is 8.72. The molecule has 110 valence electrons. The normalized spacial score (nSPS) is 12.1. The molecule has 0 N–H and O–H groups in total. The maximum absolute atomic E-state index is 12.3. The molecular formula is C16H17NO4. The van der Waals surface area contributed by atoms with Gasteiger partial charge in [-0.3, -0.25) is 9.59 Å². The number of rotatable bonds is 5. The lowest BCUT2D eigenvalue weighted by Crippen LogP contribution is -2.33. The van der Waals surface area contributed by atoms with Gasteiger partial charge in [-0.25, -0.2) is 0 Å². The molecule has 5 heteroatoms. The van der Waals surface area contributed by atoms with E-state index in [-0.39, 0.29) is 12.0 Å². The van der Waals surface area contributed by atoms with Crippen LogP contribution in [0.25, 0.3) is 0 Å². The van der Waals surface area contributed by atoms with E-state index in [4.69, 9.17) is 10.00 Å². The molecule has 1 aromatic rings. The first-order valence-corrected chi connectivity index (χ1v) is 6.49. The zero-order valence-corrected chi connectivity index (χ0v) is 12.3. The largest absolute Gasteiger partial charge is 0.459 e. The van der Waals surface area contributed by atoms with E-state index in [1.54, 1.807) is 20.8 Å². The van der Waals surface area contributed by atoms with Gasteiger partial charge >= 0.3 is 5.97 Å². The van der Waals surface area contributed by atoms with E-state index in [0.29, 0.717) is 11.8 Å². The van der Waals surface area contributed by atoms with Gasteiger partial charge in [0.2, 0.25) is 0 Å². The van der Waals surface area contributed by atoms with E-state index in [2.05, 4.69) is 0 Å². The van der Waals surface area contributed by atoms with Gasteiger partial charge in [0.15, 0.2) is 5.78 Å². The Bertz CT molecular complexity index is 576. The van der Waals surface area contributed by atoms with E-state index < -0.39 is 23.3 Å². The maximum atomic E-state index is 12.3. The van der Waals surface area contributed by atoms with Crippen LogP contribution >= 0.6 is 0 Å². The molecule has 1 unspecified atom stereocenters. The van der Waals surface area contributed by atoms with Crippen molar-refractivity contribution in [3.63, 3.8) is 0 Å². The summed E-state index contributed by atoms with van der Waals surface area (Å²) in [6, 6.07) is 7.84. The summed E-state index contributed by atoms with van der Waals surface area (Å²) in [6.07, 6.45) is 0.296. The average molecular weight is 287 g/mol. The average Bonchev–Trinajstić information content (AvgIpc) is 2.42. The lowest BCUT2D eigenvalue weighted by atomic mass is 9.94. The van der Waals surface area contributed by atoms with Gasteiger partial charge in [-0.15, -0.1) is 0 Å². The second-order valence-electron chi connectivity index (χ2n) is 5.54. The lowest BCUT2D eigenvalue weighted by Gasteiger charge is -2.22. The number of ketones is 1. The molecule has 21 heavy (non-hydrogen) atoms. The Morgan fingerprint density at radius 3 is 2.29 bits per heavy atom.